The first-order valence-electron chi connectivity index (χ1n) is 12.0. The predicted octanol–water partition coefficient (Wildman–Crippen LogP) is 5.03. The molecule has 1 fully saturated rings. The van der Waals surface area contributed by atoms with E-state index < -0.39 is 5.60 Å². The highest BCUT2D eigenvalue weighted by Gasteiger charge is 2.49. The van der Waals surface area contributed by atoms with Gasteiger partial charge in [0.2, 0.25) is 0 Å². The molecule has 3 aromatic carbocycles. The van der Waals surface area contributed by atoms with Crippen LogP contribution < -0.4 is 29.0 Å². The van der Waals surface area contributed by atoms with Crippen molar-refractivity contribution in [3.63, 3.8) is 0 Å². The van der Waals surface area contributed by atoms with Crippen LogP contribution in [0.25, 0.3) is 0 Å². The van der Waals surface area contributed by atoms with Gasteiger partial charge in [-0.3, -0.25) is 0 Å². The van der Waals surface area contributed by atoms with Crippen molar-refractivity contribution in [1.29, 1.82) is 0 Å². The highest BCUT2D eigenvalue weighted by atomic mass is 16.5. The van der Waals surface area contributed by atoms with Gasteiger partial charge in [0.05, 0.1) is 41.2 Å². The van der Waals surface area contributed by atoms with Crippen molar-refractivity contribution in [3.8, 4) is 28.7 Å². The minimum atomic E-state index is -1.24. The number of aliphatic hydroxyl groups is 1. The number of hydrogen-bond acceptors (Lipinski definition) is 7. The van der Waals surface area contributed by atoms with Gasteiger partial charge in [0.1, 0.15) is 28.7 Å². The number of para-hydroxylation sites is 1. The molecule has 4 rings (SSSR count). The van der Waals surface area contributed by atoms with Crippen molar-refractivity contribution >= 4 is 0 Å². The average Bonchev–Trinajstić information content (AvgIpc) is 2.93. The smallest absolute Gasteiger partial charge is 0.124 e. The number of ether oxygens (including phenoxy) is 5. The van der Waals surface area contributed by atoms with Crippen molar-refractivity contribution in [3.05, 3.63) is 77.4 Å². The summed E-state index contributed by atoms with van der Waals surface area (Å²) >= 11 is 0. The zero-order valence-corrected chi connectivity index (χ0v) is 21.7. The number of piperidine rings is 1. The van der Waals surface area contributed by atoms with Crippen LogP contribution in [0.5, 0.6) is 28.7 Å². The van der Waals surface area contributed by atoms with Crippen LogP contribution in [0.4, 0.5) is 0 Å². The molecule has 36 heavy (non-hydrogen) atoms. The Hall–Kier alpha value is -3.42. The maximum Gasteiger partial charge on any atom is 0.124 e. The summed E-state index contributed by atoms with van der Waals surface area (Å²) in [6.07, 6.45) is 0.390. The van der Waals surface area contributed by atoms with Gasteiger partial charge in [-0.15, -0.1) is 0 Å². The SMILES string of the molecule is COc1ccc(OC)c([C@@H]2C[C@](O)(c3ccccc3OC)[C@@H](C)[C@H](c3cc(OC)ccc3OC)N2)c1. The van der Waals surface area contributed by atoms with Crippen LogP contribution in [0.2, 0.25) is 0 Å². The molecule has 0 aromatic heterocycles. The average molecular weight is 494 g/mol. The lowest BCUT2D eigenvalue weighted by Crippen LogP contribution is -2.50. The summed E-state index contributed by atoms with van der Waals surface area (Å²) in [7, 11) is 8.19. The molecule has 7 heteroatoms. The summed E-state index contributed by atoms with van der Waals surface area (Å²) in [5.74, 6) is 3.22. The van der Waals surface area contributed by atoms with Crippen LogP contribution in [-0.2, 0) is 5.60 Å². The molecule has 0 bridgehead atoms. The lowest BCUT2D eigenvalue weighted by molar-refractivity contribution is -0.0760. The van der Waals surface area contributed by atoms with Gasteiger partial charge in [0, 0.05) is 41.1 Å². The lowest BCUT2D eigenvalue weighted by Gasteiger charge is -2.48. The normalized spacial score (nSPS) is 23.6. The molecule has 3 aromatic rings. The van der Waals surface area contributed by atoms with Gasteiger partial charge in [-0.2, -0.15) is 0 Å². The fourth-order valence-corrected chi connectivity index (χ4v) is 5.30. The number of nitrogens with one attached hydrogen (secondary N) is 1. The molecule has 1 aliphatic heterocycles. The molecule has 0 spiro atoms. The molecule has 0 saturated carbocycles. The Balaban J connectivity index is 1.92. The first kappa shape index (κ1) is 25.7. The van der Waals surface area contributed by atoms with Crippen LogP contribution in [0.15, 0.2) is 60.7 Å². The minimum absolute atomic E-state index is 0.261. The fourth-order valence-electron chi connectivity index (χ4n) is 5.30. The molecule has 1 heterocycles. The molecule has 7 nitrogen and oxygen atoms in total. The van der Waals surface area contributed by atoms with Gasteiger partial charge in [-0.05, 0) is 42.5 Å². The van der Waals surface area contributed by atoms with E-state index in [1.807, 2.05) is 67.6 Å². The Morgan fingerprint density at radius 3 is 1.86 bits per heavy atom. The van der Waals surface area contributed by atoms with Gasteiger partial charge >= 0.3 is 0 Å². The largest absolute Gasteiger partial charge is 0.497 e. The molecule has 1 saturated heterocycles. The number of methoxy groups -OCH3 is 5. The van der Waals surface area contributed by atoms with Gasteiger partial charge in [0.25, 0.3) is 0 Å². The van der Waals surface area contributed by atoms with Crippen molar-refractivity contribution < 1.29 is 28.8 Å². The summed E-state index contributed by atoms with van der Waals surface area (Å²) in [6.45, 7) is 2.04. The van der Waals surface area contributed by atoms with E-state index in [4.69, 9.17) is 23.7 Å². The summed E-state index contributed by atoms with van der Waals surface area (Å²) in [4.78, 5) is 0. The molecule has 0 amide bonds. The van der Waals surface area contributed by atoms with Gasteiger partial charge in [-0.1, -0.05) is 25.1 Å². The van der Waals surface area contributed by atoms with E-state index in [1.54, 1.807) is 35.5 Å². The Labute approximate surface area is 212 Å². The number of hydrogen-bond donors (Lipinski definition) is 2. The molecule has 0 aliphatic carbocycles. The second-order valence-corrected chi connectivity index (χ2v) is 9.03. The predicted molar refractivity (Wildman–Crippen MR) is 138 cm³/mol. The zero-order valence-electron chi connectivity index (χ0n) is 21.7. The van der Waals surface area contributed by atoms with E-state index in [1.165, 1.54) is 0 Å². The standard InChI is InChI=1S/C29H35NO6/c1-18-28(22-16-20(33-3)12-14-26(22)35-5)30-24(21-15-19(32-2)11-13-25(21)34-4)17-29(18,31)23-9-7-8-10-27(23)36-6/h7-16,18,24,28,30-31H,17H2,1-6H3/t18-,24-,28+,29+/m0/s1. The zero-order chi connectivity index (χ0) is 25.9. The summed E-state index contributed by atoms with van der Waals surface area (Å²) < 4.78 is 28.2. The summed E-state index contributed by atoms with van der Waals surface area (Å²) in [5.41, 5.74) is 1.28. The Bertz CT molecular complexity index is 1200. The monoisotopic (exact) mass is 493 g/mol. The highest BCUT2D eigenvalue weighted by Crippen LogP contribution is 2.53. The molecular formula is C29H35NO6. The Morgan fingerprint density at radius 2 is 1.28 bits per heavy atom. The second-order valence-electron chi connectivity index (χ2n) is 9.03. The third-order valence-electron chi connectivity index (χ3n) is 7.31. The fraction of sp³-hybridized carbons (Fsp3) is 0.379. The van der Waals surface area contributed by atoms with E-state index in [0.29, 0.717) is 35.2 Å². The molecule has 192 valence electrons. The molecule has 0 radical (unpaired) electrons. The Kier molecular flexibility index (Phi) is 7.62. The highest BCUT2D eigenvalue weighted by molar-refractivity contribution is 5.48. The minimum Gasteiger partial charge on any atom is -0.497 e. The summed E-state index contributed by atoms with van der Waals surface area (Å²) in [5, 5.41) is 16.3. The van der Waals surface area contributed by atoms with E-state index in [0.717, 1.165) is 16.7 Å². The maximum atomic E-state index is 12.5. The molecule has 2 N–H and O–H groups in total. The Morgan fingerprint density at radius 1 is 0.722 bits per heavy atom. The molecule has 4 atom stereocenters. The van der Waals surface area contributed by atoms with Gasteiger partial charge in [-0.25, -0.2) is 0 Å². The van der Waals surface area contributed by atoms with Crippen molar-refractivity contribution in [2.24, 2.45) is 5.92 Å². The van der Waals surface area contributed by atoms with E-state index in [2.05, 4.69) is 5.32 Å². The van der Waals surface area contributed by atoms with Crippen LogP contribution in [-0.4, -0.2) is 40.7 Å². The van der Waals surface area contributed by atoms with E-state index >= 15 is 0 Å². The van der Waals surface area contributed by atoms with E-state index in [-0.39, 0.29) is 18.0 Å². The molecule has 1 aliphatic rings. The topological polar surface area (TPSA) is 78.4 Å². The third kappa shape index (κ3) is 4.56. The van der Waals surface area contributed by atoms with Crippen LogP contribution in [0.3, 0.4) is 0 Å². The van der Waals surface area contributed by atoms with Crippen molar-refractivity contribution in [1.82, 2.24) is 5.32 Å². The number of rotatable bonds is 8. The lowest BCUT2D eigenvalue weighted by atomic mass is 9.68. The molecule has 0 unspecified atom stereocenters. The van der Waals surface area contributed by atoms with Crippen LogP contribution in [0, 0.1) is 5.92 Å². The summed E-state index contributed by atoms with van der Waals surface area (Å²) in [6, 6.07) is 18.5. The first-order valence-corrected chi connectivity index (χ1v) is 12.0. The maximum absolute atomic E-state index is 12.5. The second kappa shape index (κ2) is 10.7. The van der Waals surface area contributed by atoms with E-state index in [9.17, 15) is 5.11 Å². The molecular weight excluding hydrogens is 458 g/mol. The third-order valence-corrected chi connectivity index (χ3v) is 7.31. The van der Waals surface area contributed by atoms with Crippen LogP contribution >= 0.6 is 0 Å². The number of benzene rings is 3. The first-order chi connectivity index (χ1) is 17.4. The van der Waals surface area contributed by atoms with Crippen LogP contribution in [0.1, 0.15) is 42.1 Å². The van der Waals surface area contributed by atoms with Crippen molar-refractivity contribution in [2.45, 2.75) is 31.0 Å². The quantitative estimate of drug-likeness (QED) is 0.456. The van der Waals surface area contributed by atoms with Crippen molar-refractivity contribution in [2.75, 3.05) is 35.5 Å². The van der Waals surface area contributed by atoms with Gasteiger partial charge in [0.15, 0.2) is 0 Å². The van der Waals surface area contributed by atoms with Gasteiger partial charge < -0.3 is 34.1 Å².